The van der Waals surface area contributed by atoms with Gasteiger partial charge in [-0.15, -0.1) is 0 Å². The molecule has 0 unspecified atom stereocenters. The number of hydrogen-bond donors (Lipinski definition) is 0. The zero-order valence-corrected chi connectivity index (χ0v) is 26.3. The van der Waals surface area contributed by atoms with Crippen LogP contribution in [0.5, 0.6) is 0 Å². The number of benzene rings is 8. The van der Waals surface area contributed by atoms with E-state index in [1.54, 1.807) is 0 Å². The Bertz CT molecular complexity index is 3540. The Balaban J connectivity index is 1.31. The van der Waals surface area contributed by atoms with Gasteiger partial charge in [-0.1, -0.05) is 109 Å². The van der Waals surface area contributed by atoms with Crippen LogP contribution in [0, 0.1) is 0 Å². The third-order valence-electron chi connectivity index (χ3n) is 11.4. The van der Waals surface area contributed by atoms with Gasteiger partial charge in [-0.2, -0.15) is 0 Å². The van der Waals surface area contributed by atoms with Crippen LogP contribution in [0.2, 0.25) is 0 Å². The summed E-state index contributed by atoms with van der Waals surface area (Å²) in [6.07, 6.45) is 0. The number of aromatic nitrogens is 3. The van der Waals surface area contributed by atoms with Crippen LogP contribution < -0.4 is 0 Å². The zero-order chi connectivity index (χ0) is 31.5. The smallest absolute Gasteiger partial charge is 0.0789 e. The van der Waals surface area contributed by atoms with Crippen LogP contribution in [0.25, 0.3) is 114 Å². The highest BCUT2D eigenvalue weighted by molar-refractivity contribution is 6.34. The molecule has 0 spiro atoms. The minimum Gasteiger partial charge on any atom is -0.308 e. The average Bonchev–Trinajstić information content (AvgIpc) is 3.94. The van der Waals surface area contributed by atoms with E-state index in [0.29, 0.717) is 0 Å². The first-order chi connectivity index (χ1) is 24.3. The molecule has 49 heavy (non-hydrogen) atoms. The molecule has 0 aliphatic carbocycles. The molecule has 0 fully saturated rings. The molecular formula is C46H25N3. The summed E-state index contributed by atoms with van der Waals surface area (Å²) in [6, 6.07) is 56.4. The minimum atomic E-state index is 1.18. The van der Waals surface area contributed by atoms with E-state index in [1.165, 1.54) is 114 Å². The first kappa shape index (κ1) is 24.6. The number of hydrogen-bond acceptors (Lipinski definition) is 0. The van der Waals surface area contributed by atoms with Crippen LogP contribution in [-0.2, 0) is 0 Å². The highest BCUT2D eigenvalue weighted by Crippen LogP contribution is 2.48. The summed E-state index contributed by atoms with van der Waals surface area (Å²) in [5, 5.41) is 15.7. The lowest BCUT2D eigenvalue weighted by Crippen LogP contribution is -1.95. The van der Waals surface area contributed by atoms with Crippen molar-refractivity contribution in [1.29, 1.82) is 0 Å². The third-order valence-corrected chi connectivity index (χ3v) is 11.4. The molecule has 0 radical (unpaired) electrons. The molecular weight excluding hydrogens is 595 g/mol. The molecule has 0 saturated heterocycles. The topological polar surface area (TPSA) is 13.8 Å². The van der Waals surface area contributed by atoms with Crippen molar-refractivity contribution in [3.05, 3.63) is 152 Å². The Kier molecular flexibility index (Phi) is 4.15. The predicted molar refractivity (Wildman–Crippen MR) is 208 cm³/mol. The largest absolute Gasteiger partial charge is 0.308 e. The van der Waals surface area contributed by atoms with Gasteiger partial charge in [0, 0.05) is 59.5 Å². The molecule has 0 amide bonds. The van der Waals surface area contributed by atoms with Gasteiger partial charge in [0.2, 0.25) is 0 Å². The molecule has 3 nitrogen and oxygen atoms in total. The third kappa shape index (κ3) is 2.73. The first-order valence-electron chi connectivity index (χ1n) is 17.0. The van der Waals surface area contributed by atoms with Gasteiger partial charge in [-0.25, -0.2) is 0 Å². The van der Waals surface area contributed by atoms with E-state index in [2.05, 4.69) is 165 Å². The van der Waals surface area contributed by atoms with Gasteiger partial charge < -0.3 is 13.4 Å². The fourth-order valence-corrected chi connectivity index (χ4v) is 9.58. The summed E-state index contributed by atoms with van der Waals surface area (Å²) < 4.78 is 7.59. The lowest BCUT2D eigenvalue weighted by atomic mass is 9.99. The van der Waals surface area contributed by atoms with Crippen LogP contribution in [0.15, 0.2) is 152 Å². The molecule has 0 aliphatic heterocycles. The van der Waals surface area contributed by atoms with Gasteiger partial charge in [-0.05, 0) is 53.2 Å². The Hall–Kier alpha value is -6.58. The SMILES string of the molecule is c1ccc(-n2c3ccccc3c3ccc4c5cccc6c7cc8c9cc%10ccccc%10c%10c%11ccccc%11n(c8cc7n(c65)c4c32)c9%10)cc1. The van der Waals surface area contributed by atoms with E-state index in [0.717, 1.165) is 0 Å². The van der Waals surface area contributed by atoms with Crippen LogP contribution >= 0.6 is 0 Å². The first-order valence-corrected chi connectivity index (χ1v) is 17.0. The highest BCUT2D eigenvalue weighted by Gasteiger charge is 2.25. The van der Waals surface area contributed by atoms with Crippen LogP contribution in [-0.4, -0.2) is 13.4 Å². The number of nitrogens with zero attached hydrogens (tertiary/aromatic N) is 3. The van der Waals surface area contributed by atoms with Crippen LogP contribution in [0.3, 0.4) is 0 Å². The van der Waals surface area contributed by atoms with E-state index < -0.39 is 0 Å². The van der Waals surface area contributed by atoms with Gasteiger partial charge in [-0.3, -0.25) is 0 Å². The summed E-state index contributed by atoms with van der Waals surface area (Å²) in [5.74, 6) is 0. The molecule has 0 atom stereocenters. The molecule has 0 saturated carbocycles. The molecule has 224 valence electrons. The fourth-order valence-electron chi connectivity index (χ4n) is 9.58. The second-order valence-corrected chi connectivity index (χ2v) is 13.7. The van der Waals surface area contributed by atoms with E-state index in [9.17, 15) is 0 Å². The average molecular weight is 620 g/mol. The Morgan fingerprint density at radius 3 is 1.76 bits per heavy atom. The monoisotopic (exact) mass is 619 g/mol. The van der Waals surface area contributed by atoms with Crippen molar-refractivity contribution < 1.29 is 0 Å². The van der Waals surface area contributed by atoms with E-state index in [-0.39, 0.29) is 0 Å². The summed E-state index contributed by atoms with van der Waals surface area (Å²) in [5.41, 5.74) is 11.3. The highest BCUT2D eigenvalue weighted by atomic mass is 15.0. The van der Waals surface area contributed by atoms with Gasteiger partial charge in [0.25, 0.3) is 0 Å². The molecule has 5 aromatic heterocycles. The second kappa shape index (κ2) is 8.28. The second-order valence-electron chi connectivity index (χ2n) is 13.7. The van der Waals surface area contributed by atoms with Gasteiger partial charge in [0.1, 0.15) is 0 Å². The lowest BCUT2D eigenvalue weighted by molar-refractivity contribution is 1.18. The molecule has 0 bridgehead atoms. The van der Waals surface area contributed by atoms with E-state index in [1.807, 2.05) is 0 Å². The molecule has 8 aromatic carbocycles. The van der Waals surface area contributed by atoms with Crippen LogP contribution in [0.1, 0.15) is 0 Å². The van der Waals surface area contributed by atoms with E-state index >= 15 is 0 Å². The lowest BCUT2D eigenvalue weighted by Gasteiger charge is -2.09. The maximum absolute atomic E-state index is 2.58. The molecule has 13 aromatic rings. The number of rotatable bonds is 1. The molecule has 5 heterocycles. The maximum atomic E-state index is 2.58. The Labute approximate surface area is 278 Å². The maximum Gasteiger partial charge on any atom is 0.0789 e. The summed E-state index contributed by atoms with van der Waals surface area (Å²) >= 11 is 0. The number of fused-ring (bicyclic) bond motifs is 18. The summed E-state index contributed by atoms with van der Waals surface area (Å²) in [6.45, 7) is 0. The summed E-state index contributed by atoms with van der Waals surface area (Å²) in [7, 11) is 0. The van der Waals surface area contributed by atoms with Crippen molar-refractivity contribution in [2.75, 3.05) is 0 Å². The van der Waals surface area contributed by atoms with Crippen molar-refractivity contribution in [2.45, 2.75) is 0 Å². The van der Waals surface area contributed by atoms with Crippen molar-refractivity contribution in [1.82, 2.24) is 13.4 Å². The van der Waals surface area contributed by atoms with E-state index in [4.69, 9.17) is 0 Å². The fraction of sp³-hybridized carbons (Fsp3) is 0. The number of para-hydroxylation sites is 4. The summed E-state index contributed by atoms with van der Waals surface area (Å²) in [4.78, 5) is 0. The van der Waals surface area contributed by atoms with Crippen molar-refractivity contribution in [2.24, 2.45) is 0 Å². The molecule has 0 N–H and O–H groups in total. The van der Waals surface area contributed by atoms with Gasteiger partial charge in [0.05, 0.1) is 44.1 Å². The molecule has 13 rings (SSSR count). The van der Waals surface area contributed by atoms with Gasteiger partial charge in [0.15, 0.2) is 0 Å². The molecule has 3 heteroatoms. The normalized spacial score (nSPS) is 12.9. The quantitative estimate of drug-likeness (QED) is 0.174. The van der Waals surface area contributed by atoms with Crippen LogP contribution in [0.4, 0.5) is 0 Å². The molecule has 0 aliphatic rings. The Morgan fingerprint density at radius 1 is 0.286 bits per heavy atom. The zero-order valence-electron chi connectivity index (χ0n) is 26.3. The van der Waals surface area contributed by atoms with Crippen molar-refractivity contribution in [3.63, 3.8) is 0 Å². The van der Waals surface area contributed by atoms with Crippen molar-refractivity contribution in [3.8, 4) is 5.69 Å². The predicted octanol–water partition coefficient (Wildman–Crippen LogP) is 12.2. The van der Waals surface area contributed by atoms with Crippen molar-refractivity contribution >= 4 is 109 Å². The minimum absolute atomic E-state index is 1.18. The Morgan fingerprint density at radius 2 is 0.898 bits per heavy atom. The van der Waals surface area contributed by atoms with Gasteiger partial charge >= 0.3 is 0 Å². The standard InChI is InChI=1S/C46H25N3/c1-2-12-27(13-3-1)47-38-19-8-6-15-29(38)32-21-22-33-30-17-10-18-31-35-24-36-37-23-26-11-4-5-14-28(26)42-34-16-7-9-20-39(34)48(44(37)42)40(36)25-41(35)49(43(30)31)46(33)45(32)47/h1-25H.